The molecule has 88 valence electrons. The molecule has 0 aliphatic heterocycles. The lowest BCUT2D eigenvalue weighted by Crippen LogP contribution is -2.00. The Bertz CT molecular complexity index is 531. The van der Waals surface area contributed by atoms with E-state index in [1.807, 2.05) is 19.1 Å². The van der Waals surface area contributed by atoms with Crippen molar-refractivity contribution in [1.29, 1.82) is 0 Å². The Morgan fingerprint density at radius 3 is 2.94 bits per heavy atom. The fourth-order valence-electron chi connectivity index (χ4n) is 1.40. The quantitative estimate of drug-likeness (QED) is 0.857. The molecule has 2 aromatic rings. The molecule has 0 saturated heterocycles. The lowest BCUT2D eigenvalue weighted by molar-refractivity contribution is 0.297. The van der Waals surface area contributed by atoms with Crippen LogP contribution in [0, 0.1) is 12.7 Å². The maximum absolute atomic E-state index is 13.0. The fraction of sp³-hybridized carbons (Fsp3) is 0.154. The van der Waals surface area contributed by atoms with Crippen molar-refractivity contribution in [3.05, 3.63) is 58.1 Å². The molecule has 2 nitrogen and oxygen atoms in total. The third-order valence-electron chi connectivity index (χ3n) is 2.35. The Labute approximate surface area is 108 Å². The zero-order valence-electron chi connectivity index (χ0n) is 9.28. The summed E-state index contributed by atoms with van der Waals surface area (Å²) in [6.07, 6.45) is 1.70. The highest BCUT2D eigenvalue weighted by Crippen LogP contribution is 2.21. The molecule has 0 bridgehead atoms. The molecular weight excluding hydrogens is 285 g/mol. The number of aromatic nitrogens is 1. The van der Waals surface area contributed by atoms with E-state index in [2.05, 4.69) is 20.9 Å². The number of halogens is 2. The van der Waals surface area contributed by atoms with Gasteiger partial charge < -0.3 is 4.74 Å². The van der Waals surface area contributed by atoms with Gasteiger partial charge in [-0.05, 0) is 46.6 Å². The molecule has 4 heteroatoms. The maximum Gasteiger partial charge on any atom is 0.131 e. The van der Waals surface area contributed by atoms with E-state index in [9.17, 15) is 4.39 Å². The predicted molar refractivity (Wildman–Crippen MR) is 67.4 cm³/mol. The topological polar surface area (TPSA) is 22.1 Å². The first-order valence-corrected chi connectivity index (χ1v) is 5.94. The fourth-order valence-corrected chi connectivity index (χ4v) is 1.77. The third-order valence-corrected chi connectivity index (χ3v) is 3.07. The van der Waals surface area contributed by atoms with Crippen LogP contribution >= 0.6 is 15.9 Å². The van der Waals surface area contributed by atoms with Crippen LogP contribution in [0.2, 0.25) is 0 Å². The van der Waals surface area contributed by atoms with Gasteiger partial charge in [0.05, 0.1) is 5.69 Å². The van der Waals surface area contributed by atoms with Gasteiger partial charge in [-0.25, -0.2) is 4.39 Å². The molecule has 0 saturated carbocycles. The van der Waals surface area contributed by atoms with Crippen molar-refractivity contribution >= 4 is 15.9 Å². The van der Waals surface area contributed by atoms with Crippen molar-refractivity contribution < 1.29 is 9.13 Å². The maximum atomic E-state index is 13.0. The standard InChI is InChI=1S/C13H11BrFNO/c1-9-4-5-10(15)7-13(9)17-8-12-11(14)3-2-6-16-12/h2-7H,8H2,1H3. The number of pyridine rings is 1. The Hall–Kier alpha value is -1.42. The van der Waals surface area contributed by atoms with Crippen LogP contribution in [0.4, 0.5) is 4.39 Å². The average molecular weight is 296 g/mol. The second-order valence-electron chi connectivity index (χ2n) is 3.63. The predicted octanol–water partition coefficient (Wildman–Crippen LogP) is 3.87. The molecule has 2 rings (SSSR count). The van der Waals surface area contributed by atoms with Gasteiger partial charge in [-0.1, -0.05) is 6.07 Å². The summed E-state index contributed by atoms with van der Waals surface area (Å²) in [4.78, 5) is 4.18. The SMILES string of the molecule is Cc1ccc(F)cc1OCc1ncccc1Br. The number of aryl methyl sites for hydroxylation is 1. The third kappa shape index (κ3) is 3.03. The van der Waals surface area contributed by atoms with Crippen LogP contribution in [-0.2, 0) is 6.61 Å². The number of rotatable bonds is 3. The lowest BCUT2D eigenvalue weighted by Gasteiger charge is -2.09. The summed E-state index contributed by atoms with van der Waals surface area (Å²) in [5, 5.41) is 0. The first-order valence-electron chi connectivity index (χ1n) is 5.15. The van der Waals surface area contributed by atoms with Crippen molar-refractivity contribution in [2.75, 3.05) is 0 Å². The Kier molecular flexibility index (Phi) is 3.74. The minimum atomic E-state index is -0.300. The zero-order chi connectivity index (χ0) is 12.3. The molecule has 0 N–H and O–H groups in total. The van der Waals surface area contributed by atoms with E-state index in [-0.39, 0.29) is 5.82 Å². The summed E-state index contributed by atoms with van der Waals surface area (Å²) in [6.45, 7) is 2.19. The zero-order valence-corrected chi connectivity index (χ0v) is 10.9. The van der Waals surface area contributed by atoms with E-state index in [1.54, 1.807) is 12.3 Å². The largest absolute Gasteiger partial charge is 0.487 e. The number of ether oxygens (including phenoxy) is 1. The minimum absolute atomic E-state index is 0.300. The van der Waals surface area contributed by atoms with Gasteiger partial charge in [0, 0.05) is 16.7 Å². The monoisotopic (exact) mass is 295 g/mol. The summed E-state index contributed by atoms with van der Waals surface area (Å²) in [7, 11) is 0. The summed E-state index contributed by atoms with van der Waals surface area (Å²) in [5.41, 5.74) is 1.69. The molecule has 1 aromatic carbocycles. The molecule has 1 heterocycles. The molecule has 0 amide bonds. The van der Waals surface area contributed by atoms with Gasteiger partial charge in [0.1, 0.15) is 18.2 Å². The van der Waals surface area contributed by atoms with Crippen LogP contribution in [0.25, 0.3) is 0 Å². The van der Waals surface area contributed by atoms with Crippen molar-refractivity contribution in [1.82, 2.24) is 4.98 Å². The molecule has 0 aliphatic carbocycles. The summed E-state index contributed by atoms with van der Waals surface area (Å²) in [6, 6.07) is 8.22. The van der Waals surface area contributed by atoms with Gasteiger partial charge in [0.25, 0.3) is 0 Å². The number of hydrogen-bond donors (Lipinski definition) is 0. The van der Waals surface area contributed by atoms with Crippen LogP contribution in [0.1, 0.15) is 11.3 Å². The van der Waals surface area contributed by atoms with Crippen molar-refractivity contribution in [2.45, 2.75) is 13.5 Å². The molecule has 0 unspecified atom stereocenters. The van der Waals surface area contributed by atoms with Crippen molar-refractivity contribution in [3.8, 4) is 5.75 Å². The number of nitrogens with zero attached hydrogens (tertiary/aromatic N) is 1. The molecular formula is C13H11BrFNO. The van der Waals surface area contributed by atoms with Gasteiger partial charge in [0.2, 0.25) is 0 Å². The molecule has 17 heavy (non-hydrogen) atoms. The Morgan fingerprint density at radius 1 is 1.35 bits per heavy atom. The summed E-state index contributed by atoms with van der Waals surface area (Å²) in [5.74, 6) is 0.244. The van der Waals surface area contributed by atoms with E-state index >= 15 is 0 Å². The first kappa shape index (κ1) is 12.0. The van der Waals surface area contributed by atoms with E-state index in [0.717, 1.165) is 15.7 Å². The van der Waals surface area contributed by atoms with E-state index < -0.39 is 0 Å². The van der Waals surface area contributed by atoms with E-state index in [0.29, 0.717) is 12.4 Å². The Balaban J connectivity index is 2.12. The van der Waals surface area contributed by atoms with Crippen LogP contribution < -0.4 is 4.74 Å². The Morgan fingerprint density at radius 2 is 2.18 bits per heavy atom. The highest BCUT2D eigenvalue weighted by molar-refractivity contribution is 9.10. The van der Waals surface area contributed by atoms with E-state index in [1.165, 1.54) is 12.1 Å². The molecule has 0 aliphatic rings. The summed E-state index contributed by atoms with van der Waals surface area (Å²) < 4.78 is 19.5. The molecule has 0 radical (unpaired) electrons. The highest BCUT2D eigenvalue weighted by atomic mass is 79.9. The molecule has 0 fully saturated rings. The first-order chi connectivity index (χ1) is 8.16. The van der Waals surface area contributed by atoms with Crippen LogP contribution in [0.5, 0.6) is 5.75 Å². The van der Waals surface area contributed by atoms with Crippen LogP contribution in [0.15, 0.2) is 41.0 Å². The van der Waals surface area contributed by atoms with Gasteiger partial charge in [-0.15, -0.1) is 0 Å². The number of benzene rings is 1. The second-order valence-corrected chi connectivity index (χ2v) is 4.48. The molecule has 0 spiro atoms. The molecule has 0 atom stereocenters. The van der Waals surface area contributed by atoms with Crippen LogP contribution in [0.3, 0.4) is 0 Å². The highest BCUT2D eigenvalue weighted by Gasteiger charge is 2.04. The molecule has 1 aromatic heterocycles. The second kappa shape index (κ2) is 5.27. The number of hydrogen-bond acceptors (Lipinski definition) is 2. The van der Waals surface area contributed by atoms with Crippen molar-refractivity contribution in [2.24, 2.45) is 0 Å². The van der Waals surface area contributed by atoms with Gasteiger partial charge in [0.15, 0.2) is 0 Å². The van der Waals surface area contributed by atoms with Crippen LogP contribution in [-0.4, -0.2) is 4.98 Å². The van der Waals surface area contributed by atoms with Gasteiger partial charge >= 0.3 is 0 Å². The summed E-state index contributed by atoms with van der Waals surface area (Å²) >= 11 is 3.39. The average Bonchev–Trinajstić information content (AvgIpc) is 2.32. The minimum Gasteiger partial charge on any atom is -0.487 e. The lowest BCUT2D eigenvalue weighted by atomic mass is 10.2. The van der Waals surface area contributed by atoms with E-state index in [4.69, 9.17) is 4.74 Å². The smallest absolute Gasteiger partial charge is 0.131 e. The normalized spacial score (nSPS) is 10.3. The van der Waals surface area contributed by atoms with Gasteiger partial charge in [-0.3, -0.25) is 4.98 Å². The van der Waals surface area contributed by atoms with Crippen molar-refractivity contribution in [3.63, 3.8) is 0 Å². The van der Waals surface area contributed by atoms with Gasteiger partial charge in [-0.2, -0.15) is 0 Å².